The number of pyridine rings is 1. The van der Waals surface area contributed by atoms with Gasteiger partial charge >= 0.3 is 0 Å². The molecule has 0 radical (unpaired) electrons. The molecule has 0 amide bonds. The predicted octanol–water partition coefficient (Wildman–Crippen LogP) is 1.22. The van der Waals surface area contributed by atoms with Gasteiger partial charge in [-0.15, -0.1) is 0 Å². The van der Waals surface area contributed by atoms with Crippen molar-refractivity contribution in [1.82, 2.24) is 10.3 Å². The minimum Gasteiger partial charge on any atom is -0.490 e. The smallest absolute Gasteiger partial charge is 0.137 e. The van der Waals surface area contributed by atoms with Gasteiger partial charge in [0, 0.05) is 13.2 Å². The molecule has 0 aromatic carbocycles. The third kappa shape index (κ3) is 4.76. The Morgan fingerprint density at radius 1 is 1.33 bits per heavy atom. The van der Waals surface area contributed by atoms with Crippen molar-refractivity contribution in [3.63, 3.8) is 0 Å². The van der Waals surface area contributed by atoms with Crippen LogP contribution in [-0.2, 0) is 11.3 Å². The quantitative estimate of drug-likeness (QED) is 0.687. The average Bonchev–Trinajstić information content (AvgIpc) is 2.27. The molecule has 0 fully saturated rings. The van der Waals surface area contributed by atoms with Gasteiger partial charge in [-0.3, -0.25) is 4.98 Å². The first-order valence-corrected chi connectivity index (χ1v) is 5.17. The Labute approximate surface area is 90.6 Å². The summed E-state index contributed by atoms with van der Waals surface area (Å²) >= 11 is 0. The van der Waals surface area contributed by atoms with E-state index in [2.05, 4.69) is 10.3 Å². The van der Waals surface area contributed by atoms with E-state index in [4.69, 9.17) is 9.47 Å². The van der Waals surface area contributed by atoms with Gasteiger partial charge in [0.15, 0.2) is 0 Å². The maximum absolute atomic E-state index is 5.43. The van der Waals surface area contributed by atoms with Crippen LogP contribution in [0.1, 0.15) is 12.6 Å². The summed E-state index contributed by atoms with van der Waals surface area (Å²) in [6.45, 7) is 4.66. The lowest BCUT2D eigenvalue weighted by Crippen LogP contribution is -2.08. The van der Waals surface area contributed by atoms with Gasteiger partial charge in [-0.05, 0) is 26.1 Å². The maximum atomic E-state index is 5.43. The molecule has 1 aromatic rings. The second kappa shape index (κ2) is 7.20. The summed E-state index contributed by atoms with van der Waals surface area (Å²) in [5.74, 6) is 0.787. The molecule has 1 rings (SSSR count). The van der Waals surface area contributed by atoms with Gasteiger partial charge in [0.1, 0.15) is 12.4 Å². The molecule has 0 aliphatic carbocycles. The van der Waals surface area contributed by atoms with Crippen LogP contribution in [0.25, 0.3) is 0 Å². The summed E-state index contributed by atoms with van der Waals surface area (Å²) in [5.41, 5.74) is 1.01. The molecule has 0 atom stereocenters. The molecular weight excluding hydrogens is 192 g/mol. The molecular formula is C11H18N2O2. The van der Waals surface area contributed by atoms with Crippen LogP contribution in [0.15, 0.2) is 18.3 Å². The molecule has 0 saturated heterocycles. The number of nitrogens with one attached hydrogen (secondary N) is 1. The first-order valence-electron chi connectivity index (χ1n) is 5.17. The van der Waals surface area contributed by atoms with E-state index in [-0.39, 0.29) is 0 Å². The van der Waals surface area contributed by atoms with E-state index in [1.807, 2.05) is 26.1 Å². The topological polar surface area (TPSA) is 43.4 Å². The van der Waals surface area contributed by atoms with Crippen LogP contribution in [0.3, 0.4) is 0 Å². The number of ether oxygens (including phenoxy) is 2. The number of hydrogen-bond donors (Lipinski definition) is 1. The highest BCUT2D eigenvalue weighted by molar-refractivity contribution is 5.19. The molecule has 0 bridgehead atoms. The van der Waals surface area contributed by atoms with Crippen molar-refractivity contribution in [2.45, 2.75) is 13.5 Å². The molecule has 0 aliphatic heterocycles. The summed E-state index contributed by atoms with van der Waals surface area (Å²) in [6.07, 6.45) is 1.73. The van der Waals surface area contributed by atoms with Crippen molar-refractivity contribution in [2.75, 3.05) is 26.9 Å². The number of nitrogens with zero attached hydrogens (tertiary/aromatic N) is 1. The Bertz CT molecular complexity index is 262. The summed E-state index contributed by atoms with van der Waals surface area (Å²) in [6, 6.07) is 3.87. The first-order chi connectivity index (χ1) is 7.36. The van der Waals surface area contributed by atoms with E-state index in [1.54, 1.807) is 6.20 Å². The van der Waals surface area contributed by atoms with Crippen molar-refractivity contribution in [2.24, 2.45) is 0 Å². The Morgan fingerprint density at radius 3 is 2.80 bits per heavy atom. The third-order valence-electron chi connectivity index (χ3n) is 1.86. The highest BCUT2D eigenvalue weighted by Crippen LogP contribution is 2.08. The van der Waals surface area contributed by atoms with E-state index in [0.29, 0.717) is 13.2 Å². The maximum Gasteiger partial charge on any atom is 0.137 e. The minimum atomic E-state index is 0.570. The molecule has 0 saturated carbocycles. The van der Waals surface area contributed by atoms with E-state index in [0.717, 1.165) is 24.6 Å². The molecule has 15 heavy (non-hydrogen) atoms. The number of hydrogen-bond acceptors (Lipinski definition) is 4. The van der Waals surface area contributed by atoms with Crippen molar-refractivity contribution in [3.05, 3.63) is 24.0 Å². The van der Waals surface area contributed by atoms with Crippen LogP contribution >= 0.6 is 0 Å². The second-order valence-electron chi connectivity index (χ2n) is 3.06. The van der Waals surface area contributed by atoms with E-state index >= 15 is 0 Å². The van der Waals surface area contributed by atoms with Gasteiger partial charge in [0.2, 0.25) is 0 Å². The number of rotatable bonds is 7. The largest absolute Gasteiger partial charge is 0.490 e. The molecule has 1 heterocycles. The van der Waals surface area contributed by atoms with Crippen LogP contribution in [0.2, 0.25) is 0 Å². The van der Waals surface area contributed by atoms with E-state index in [9.17, 15) is 0 Å². The highest BCUT2D eigenvalue weighted by Gasteiger charge is 1.95. The van der Waals surface area contributed by atoms with Gasteiger partial charge in [-0.2, -0.15) is 0 Å². The molecule has 0 spiro atoms. The molecule has 0 unspecified atom stereocenters. The standard InChI is InChI=1S/C11H18N2O2/c1-3-14-6-7-15-11-5-4-10(8-12-2)13-9-11/h4-5,9,12H,3,6-8H2,1-2H3. The molecule has 1 aromatic heterocycles. The van der Waals surface area contributed by atoms with Gasteiger partial charge < -0.3 is 14.8 Å². The fourth-order valence-electron chi connectivity index (χ4n) is 1.14. The monoisotopic (exact) mass is 210 g/mol. The Kier molecular flexibility index (Phi) is 5.73. The summed E-state index contributed by atoms with van der Waals surface area (Å²) in [7, 11) is 1.90. The van der Waals surface area contributed by atoms with Crippen molar-refractivity contribution < 1.29 is 9.47 Å². The summed E-state index contributed by atoms with van der Waals surface area (Å²) < 4.78 is 10.6. The fourth-order valence-corrected chi connectivity index (χ4v) is 1.14. The Balaban J connectivity index is 2.29. The van der Waals surface area contributed by atoms with E-state index in [1.165, 1.54) is 0 Å². The Hall–Kier alpha value is -1.13. The normalized spacial score (nSPS) is 10.3. The van der Waals surface area contributed by atoms with Crippen LogP contribution < -0.4 is 10.1 Å². The third-order valence-corrected chi connectivity index (χ3v) is 1.86. The van der Waals surface area contributed by atoms with Gasteiger partial charge in [-0.25, -0.2) is 0 Å². The molecule has 84 valence electrons. The summed E-state index contributed by atoms with van der Waals surface area (Å²) in [5, 5.41) is 3.04. The van der Waals surface area contributed by atoms with Crippen LogP contribution in [-0.4, -0.2) is 31.9 Å². The lowest BCUT2D eigenvalue weighted by molar-refractivity contribution is 0.110. The van der Waals surface area contributed by atoms with Crippen LogP contribution in [0.5, 0.6) is 5.75 Å². The van der Waals surface area contributed by atoms with E-state index < -0.39 is 0 Å². The van der Waals surface area contributed by atoms with Gasteiger partial charge in [-0.1, -0.05) is 0 Å². The van der Waals surface area contributed by atoms with Crippen LogP contribution in [0, 0.1) is 0 Å². The zero-order chi connectivity index (χ0) is 10.9. The fraction of sp³-hybridized carbons (Fsp3) is 0.545. The molecule has 4 heteroatoms. The van der Waals surface area contributed by atoms with Crippen molar-refractivity contribution in [3.8, 4) is 5.75 Å². The Morgan fingerprint density at radius 2 is 2.20 bits per heavy atom. The van der Waals surface area contributed by atoms with Gasteiger partial charge in [0.05, 0.1) is 18.5 Å². The average molecular weight is 210 g/mol. The number of aromatic nitrogens is 1. The zero-order valence-corrected chi connectivity index (χ0v) is 9.32. The summed E-state index contributed by atoms with van der Waals surface area (Å²) in [4.78, 5) is 4.24. The van der Waals surface area contributed by atoms with Crippen molar-refractivity contribution in [1.29, 1.82) is 0 Å². The molecule has 0 aliphatic rings. The first kappa shape index (κ1) is 11.9. The lowest BCUT2D eigenvalue weighted by Gasteiger charge is -2.06. The zero-order valence-electron chi connectivity index (χ0n) is 9.32. The van der Waals surface area contributed by atoms with Gasteiger partial charge in [0.25, 0.3) is 0 Å². The second-order valence-corrected chi connectivity index (χ2v) is 3.06. The molecule has 1 N–H and O–H groups in total. The lowest BCUT2D eigenvalue weighted by atomic mass is 10.3. The molecule has 4 nitrogen and oxygen atoms in total. The van der Waals surface area contributed by atoms with Crippen molar-refractivity contribution >= 4 is 0 Å². The predicted molar refractivity (Wildman–Crippen MR) is 59.0 cm³/mol. The SMILES string of the molecule is CCOCCOc1ccc(CNC)nc1. The minimum absolute atomic E-state index is 0.570. The highest BCUT2D eigenvalue weighted by atomic mass is 16.5. The van der Waals surface area contributed by atoms with Crippen LogP contribution in [0.4, 0.5) is 0 Å².